The first-order valence-electron chi connectivity index (χ1n) is 6.01. The Morgan fingerprint density at radius 2 is 1.77 bits per heavy atom. The highest BCUT2D eigenvalue weighted by Crippen LogP contribution is 2.58. The van der Waals surface area contributed by atoms with Crippen molar-refractivity contribution in [3.8, 4) is 0 Å². The van der Waals surface area contributed by atoms with Gasteiger partial charge in [-0.15, -0.1) is 0 Å². The second-order valence-corrected chi connectivity index (χ2v) is 5.77. The Bertz CT molecular complexity index is 211. The highest BCUT2D eigenvalue weighted by atomic mass is 14.7. The monoisotopic (exact) mass is 179 g/mol. The van der Waals surface area contributed by atoms with Gasteiger partial charge in [-0.1, -0.05) is 0 Å². The first kappa shape index (κ1) is 8.28. The van der Waals surface area contributed by atoms with Crippen LogP contribution in [-0.2, 0) is 0 Å². The Balaban J connectivity index is 1.90. The predicted octanol–water partition coefficient (Wildman–Crippen LogP) is 2.41. The van der Waals surface area contributed by atoms with Crippen LogP contribution in [0.2, 0.25) is 0 Å². The quantitative estimate of drug-likeness (QED) is 0.657. The largest absolute Gasteiger partial charge is 0.328 e. The van der Waals surface area contributed by atoms with Crippen molar-refractivity contribution in [2.45, 2.75) is 45.1 Å². The minimum Gasteiger partial charge on any atom is -0.328 e. The third-order valence-electron chi connectivity index (χ3n) is 5.04. The van der Waals surface area contributed by atoms with E-state index in [0.29, 0.717) is 6.04 Å². The molecule has 3 aliphatic carbocycles. The molecular weight excluding hydrogens is 158 g/mol. The van der Waals surface area contributed by atoms with Gasteiger partial charge in [-0.3, -0.25) is 0 Å². The molecule has 1 nitrogen and oxygen atoms in total. The van der Waals surface area contributed by atoms with Gasteiger partial charge >= 0.3 is 0 Å². The van der Waals surface area contributed by atoms with E-state index in [0.717, 1.165) is 29.6 Å². The third kappa shape index (κ3) is 1.09. The van der Waals surface area contributed by atoms with Gasteiger partial charge in [0.25, 0.3) is 0 Å². The minimum atomic E-state index is 0.455. The van der Waals surface area contributed by atoms with Crippen LogP contribution in [0, 0.1) is 29.6 Å². The zero-order valence-corrected chi connectivity index (χ0v) is 8.58. The van der Waals surface area contributed by atoms with E-state index in [1.54, 1.807) is 6.42 Å². The molecule has 0 heterocycles. The predicted molar refractivity (Wildman–Crippen MR) is 54.2 cm³/mol. The fourth-order valence-electron chi connectivity index (χ4n) is 4.76. The van der Waals surface area contributed by atoms with Crippen LogP contribution in [0.15, 0.2) is 0 Å². The molecule has 74 valence electrons. The lowest BCUT2D eigenvalue weighted by atomic mass is 9.62. The molecule has 0 aromatic rings. The van der Waals surface area contributed by atoms with Crippen LogP contribution in [0.25, 0.3) is 0 Å². The summed E-state index contributed by atoms with van der Waals surface area (Å²) in [6.45, 7) is 2.23. The van der Waals surface area contributed by atoms with Gasteiger partial charge in [-0.25, -0.2) is 0 Å². The molecule has 0 aliphatic heterocycles. The fourth-order valence-corrected chi connectivity index (χ4v) is 4.76. The SMILES string of the molecule is C[C@@H](N)[C@@H]1[C@@H]2CC[C@H]3C[C@H](C2)C[C@H]31. The van der Waals surface area contributed by atoms with Crippen molar-refractivity contribution in [3.05, 3.63) is 0 Å². The summed E-state index contributed by atoms with van der Waals surface area (Å²) >= 11 is 0. The summed E-state index contributed by atoms with van der Waals surface area (Å²) in [5.74, 6) is 5.08. The first-order chi connectivity index (χ1) is 6.25. The molecule has 0 radical (unpaired) electrons. The van der Waals surface area contributed by atoms with E-state index in [1.807, 2.05) is 0 Å². The van der Waals surface area contributed by atoms with E-state index in [1.165, 1.54) is 25.7 Å². The summed E-state index contributed by atoms with van der Waals surface area (Å²) < 4.78 is 0. The lowest BCUT2D eigenvalue weighted by Crippen LogP contribution is -2.43. The summed E-state index contributed by atoms with van der Waals surface area (Å²) in [5, 5.41) is 0. The molecule has 3 fully saturated rings. The summed E-state index contributed by atoms with van der Waals surface area (Å²) in [6.07, 6.45) is 7.59. The Labute approximate surface area is 81.1 Å². The molecule has 0 aromatic carbocycles. The Kier molecular flexibility index (Phi) is 1.74. The number of nitrogens with two attached hydrogens (primary N) is 1. The lowest BCUT2D eigenvalue weighted by Gasteiger charge is -2.44. The summed E-state index contributed by atoms with van der Waals surface area (Å²) in [7, 11) is 0. The molecule has 3 aliphatic rings. The van der Waals surface area contributed by atoms with Gasteiger partial charge in [0.1, 0.15) is 0 Å². The highest BCUT2D eigenvalue weighted by Gasteiger charge is 2.50. The van der Waals surface area contributed by atoms with E-state index in [2.05, 4.69) is 6.92 Å². The van der Waals surface area contributed by atoms with Crippen LogP contribution in [0.5, 0.6) is 0 Å². The van der Waals surface area contributed by atoms with E-state index in [4.69, 9.17) is 5.73 Å². The van der Waals surface area contributed by atoms with E-state index < -0.39 is 0 Å². The average molecular weight is 179 g/mol. The van der Waals surface area contributed by atoms with Gasteiger partial charge in [0.15, 0.2) is 0 Å². The Morgan fingerprint density at radius 1 is 1.08 bits per heavy atom. The topological polar surface area (TPSA) is 26.0 Å². The summed E-state index contributed by atoms with van der Waals surface area (Å²) in [4.78, 5) is 0. The molecular formula is C12H21N. The molecule has 3 rings (SSSR count). The van der Waals surface area contributed by atoms with Crippen LogP contribution in [0.3, 0.4) is 0 Å². The van der Waals surface area contributed by atoms with Crippen molar-refractivity contribution < 1.29 is 0 Å². The molecule has 13 heavy (non-hydrogen) atoms. The number of hydrogen-bond acceptors (Lipinski definition) is 1. The van der Waals surface area contributed by atoms with Crippen LogP contribution in [-0.4, -0.2) is 6.04 Å². The summed E-state index contributed by atoms with van der Waals surface area (Å²) in [6, 6.07) is 0.455. The van der Waals surface area contributed by atoms with Crippen molar-refractivity contribution in [1.82, 2.24) is 0 Å². The molecule has 0 unspecified atom stereocenters. The molecule has 1 heteroatoms. The van der Waals surface area contributed by atoms with Gasteiger partial charge < -0.3 is 5.73 Å². The molecule has 6 atom stereocenters. The van der Waals surface area contributed by atoms with Gasteiger partial charge in [0, 0.05) is 6.04 Å². The average Bonchev–Trinajstić information content (AvgIpc) is 2.27. The van der Waals surface area contributed by atoms with Crippen LogP contribution in [0.1, 0.15) is 39.0 Å². The second kappa shape index (κ2) is 2.73. The molecule has 2 N–H and O–H groups in total. The Hall–Kier alpha value is -0.0400. The molecule has 0 saturated heterocycles. The molecule has 0 spiro atoms. The van der Waals surface area contributed by atoms with Crippen molar-refractivity contribution in [2.24, 2.45) is 35.3 Å². The number of hydrogen-bond donors (Lipinski definition) is 1. The van der Waals surface area contributed by atoms with E-state index in [-0.39, 0.29) is 0 Å². The molecule has 3 saturated carbocycles. The maximum absolute atomic E-state index is 6.14. The zero-order chi connectivity index (χ0) is 9.00. The smallest absolute Gasteiger partial charge is 0.00441 e. The normalized spacial score (nSPS) is 55.4. The van der Waals surface area contributed by atoms with Crippen molar-refractivity contribution in [1.29, 1.82) is 0 Å². The summed E-state index contributed by atoms with van der Waals surface area (Å²) in [5.41, 5.74) is 6.14. The van der Waals surface area contributed by atoms with E-state index >= 15 is 0 Å². The van der Waals surface area contributed by atoms with Crippen LogP contribution < -0.4 is 5.73 Å². The van der Waals surface area contributed by atoms with Crippen molar-refractivity contribution in [2.75, 3.05) is 0 Å². The van der Waals surface area contributed by atoms with Crippen LogP contribution in [0.4, 0.5) is 0 Å². The number of fused-ring (bicyclic) bond motifs is 2. The van der Waals surface area contributed by atoms with Crippen molar-refractivity contribution in [3.63, 3.8) is 0 Å². The Morgan fingerprint density at radius 3 is 2.54 bits per heavy atom. The highest BCUT2D eigenvalue weighted by molar-refractivity contribution is 5.01. The lowest BCUT2D eigenvalue weighted by molar-refractivity contribution is 0.0663. The zero-order valence-electron chi connectivity index (χ0n) is 8.58. The van der Waals surface area contributed by atoms with Gasteiger partial charge in [0.05, 0.1) is 0 Å². The maximum Gasteiger partial charge on any atom is 0.00441 e. The van der Waals surface area contributed by atoms with E-state index in [9.17, 15) is 0 Å². The number of rotatable bonds is 1. The van der Waals surface area contributed by atoms with Crippen LogP contribution >= 0.6 is 0 Å². The third-order valence-corrected chi connectivity index (χ3v) is 5.04. The standard InChI is InChI=1S/C12H21N/c1-7(13)12-10-3-2-9-4-8(5-10)6-11(9)12/h7-12H,2-6,13H2,1H3/t7-,8-,9+,10-,11-,12-/m1/s1. The van der Waals surface area contributed by atoms with Gasteiger partial charge in [-0.2, -0.15) is 0 Å². The maximum atomic E-state index is 6.14. The second-order valence-electron chi connectivity index (χ2n) is 5.77. The van der Waals surface area contributed by atoms with Gasteiger partial charge in [0.2, 0.25) is 0 Å². The molecule has 0 aromatic heterocycles. The van der Waals surface area contributed by atoms with Crippen molar-refractivity contribution >= 4 is 0 Å². The first-order valence-corrected chi connectivity index (χ1v) is 6.01. The minimum absolute atomic E-state index is 0.455. The fraction of sp³-hybridized carbons (Fsp3) is 1.00. The molecule has 0 amide bonds. The molecule has 3 bridgehead atoms. The van der Waals surface area contributed by atoms with Gasteiger partial charge in [-0.05, 0) is 68.6 Å².